The van der Waals surface area contributed by atoms with Crippen LogP contribution in [0.15, 0.2) is 0 Å². The standard InChI is InChI=1S/C11H20BrNO/c1-4-8(2)11(14)13-6-5-9(3)10(13)7-12/h8-10H,4-7H2,1-3H3. The van der Waals surface area contributed by atoms with Crippen LogP contribution >= 0.6 is 15.9 Å². The Hall–Kier alpha value is -0.0500. The summed E-state index contributed by atoms with van der Waals surface area (Å²) in [6.45, 7) is 7.28. The van der Waals surface area contributed by atoms with Gasteiger partial charge in [0.2, 0.25) is 5.91 Å². The van der Waals surface area contributed by atoms with Crippen LogP contribution in [0.4, 0.5) is 0 Å². The molecule has 1 rings (SSSR count). The highest BCUT2D eigenvalue weighted by atomic mass is 79.9. The average molecular weight is 262 g/mol. The number of rotatable bonds is 3. The Bertz CT molecular complexity index is 207. The van der Waals surface area contributed by atoms with Gasteiger partial charge in [-0.1, -0.05) is 36.7 Å². The summed E-state index contributed by atoms with van der Waals surface area (Å²) in [7, 11) is 0. The minimum atomic E-state index is 0.182. The van der Waals surface area contributed by atoms with Gasteiger partial charge in [0, 0.05) is 23.8 Å². The van der Waals surface area contributed by atoms with Crippen LogP contribution in [0.5, 0.6) is 0 Å². The second-order valence-electron chi connectivity index (χ2n) is 4.33. The fraction of sp³-hybridized carbons (Fsp3) is 0.909. The lowest BCUT2D eigenvalue weighted by Crippen LogP contribution is -2.41. The maximum atomic E-state index is 12.0. The minimum absolute atomic E-state index is 0.182. The van der Waals surface area contributed by atoms with Gasteiger partial charge in [0.15, 0.2) is 0 Å². The molecule has 1 saturated heterocycles. The average Bonchev–Trinajstić information content (AvgIpc) is 2.57. The number of amides is 1. The van der Waals surface area contributed by atoms with Gasteiger partial charge in [-0.05, 0) is 18.8 Å². The molecule has 0 aromatic rings. The minimum Gasteiger partial charge on any atom is -0.338 e. The number of nitrogens with zero attached hydrogens (tertiary/aromatic N) is 1. The Morgan fingerprint density at radius 3 is 2.79 bits per heavy atom. The molecule has 1 amide bonds. The van der Waals surface area contributed by atoms with E-state index in [0.29, 0.717) is 17.9 Å². The molecule has 0 bridgehead atoms. The SMILES string of the molecule is CCC(C)C(=O)N1CCC(C)C1CBr. The summed E-state index contributed by atoms with van der Waals surface area (Å²) in [4.78, 5) is 14.1. The molecule has 0 aromatic heterocycles. The highest BCUT2D eigenvalue weighted by Gasteiger charge is 2.34. The van der Waals surface area contributed by atoms with E-state index in [4.69, 9.17) is 0 Å². The third-order valence-electron chi connectivity index (χ3n) is 3.36. The van der Waals surface area contributed by atoms with Crippen molar-refractivity contribution in [2.45, 2.75) is 39.7 Å². The van der Waals surface area contributed by atoms with Crippen LogP contribution in [0.2, 0.25) is 0 Å². The van der Waals surface area contributed by atoms with Crippen LogP contribution < -0.4 is 0 Å². The third kappa shape index (κ3) is 2.30. The van der Waals surface area contributed by atoms with Gasteiger partial charge >= 0.3 is 0 Å². The van der Waals surface area contributed by atoms with Crippen molar-refractivity contribution in [2.75, 3.05) is 11.9 Å². The molecule has 1 heterocycles. The fourth-order valence-corrected chi connectivity index (χ4v) is 2.96. The summed E-state index contributed by atoms with van der Waals surface area (Å²) in [6.07, 6.45) is 2.09. The van der Waals surface area contributed by atoms with E-state index < -0.39 is 0 Å². The van der Waals surface area contributed by atoms with Crippen LogP contribution in [0.1, 0.15) is 33.6 Å². The molecule has 2 nitrogen and oxygen atoms in total. The second-order valence-corrected chi connectivity index (χ2v) is 4.98. The van der Waals surface area contributed by atoms with Crippen molar-refractivity contribution in [1.29, 1.82) is 0 Å². The highest BCUT2D eigenvalue weighted by molar-refractivity contribution is 9.09. The summed E-state index contributed by atoms with van der Waals surface area (Å²) >= 11 is 3.50. The molecule has 3 atom stereocenters. The molecular weight excluding hydrogens is 242 g/mol. The van der Waals surface area contributed by atoms with Gasteiger partial charge in [0.1, 0.15) is 0 Å². The Balaban J connectivity index is 2.64. The van der Waals surface area contributed by atoms with Gasteiger partial charge in [-0.25, -0.2) is 0 Å². The smallest absolute Gasteiger partial charge is 0.225 e. The number of likely N-dealkylation sites (tertiary alicyclic amines) is 1. The van der Waals surface area contributed by atoms with Crippen molar-refractivity contribution >= 4 is 21.8 Å². The van der Waals surface area contributed by atoms with Crippen molar-refractivity contribution in [1.82, 2.24) is 4.90 Å². The van der Waals surface area contributed by atoms with Gasteiger partial charge in [-0.2, -0.15) is 0 Å². The fourth-order valence-electron chi connectivity index (χ4n) is 1.97. The molecule has 3 heteroatoms. The lowest BCUT2D eigenvalue weighted by molar-refractivity contribution is -0.135. The lowest BCUT2D eigenvalue weighted by atomic mass is 10.0. The van der Waals surface area contributed by atoms with Crippen molar-refractivity contribution < 1.29 is 4.79 Å². The molecule has 0 aliphatic carbocycles. The maximum absolute atomic E-state index is 12.0. The summed E-state index contributed by atoms with van der Waals surface area (Å²) < 4.78 is 0. The molecule has 0 spiro atoms. The van der Waals surface area contributed by atoms with E-state index in [-0.39, 0.29) is 5.92 Å². The normalized spacial score (nSPS) is 29.3. The zero-order valence-electron chi connectivity index (χ0n) is 9.29. The quantitative estimate of drug-likeness (QED) is 0.716. The van der Waals surface area contributed by atoms with Gasteiger partial charge < -0.3 is 4.90 Å². The number of hydrogen-bond acceptors (Lipinski definition) is 1. The lowest BCUT2D eigenvalue weighted by Gasteiger charge is -2.27. The van der Waals surface area contributed by atoms with Gasteiger partial charge in [-0.3, -0.25) is 4.79 Å². The van der Waals surface area contributed by atoms with E-state index in [1.54, 1.807) is 0 Å². The molecule has 3 unspecified atom stereocenters. The Kier molecular flexibility index (Phi) is 4.42. The predicted octanol–water partition coefficient (Wildman–Crippen LogP) is 2.66. The van der Waals surface area contributed by atoms with E-state index in [0.717, 1.165) is 24.7 Å². The number of carbonyl (C=O) groups excluding carboxylic acids is 1. The summed E-state index contributed by atoms with van der Waals surface area (Å²) in [6, 6.07) is 0.413. The van der Waals surface area contributed by atoms with Gasteiger partial charge in [0.05, 0.1) is 0 Å². The molecule has 1 aliphatic heterocycles. The van der Waals surface area contributed by atoms with E-state index in [1.165, 1.54) is 0 Å². The highest BCUT2D eigenvalue weighted by Crippen LogP contribution is 2.27. The molecule has 1 fully saturated rings. The molecular formula is C11H20BrNO. The molecule has 0 aromatic carbocycles. The first-order chi connectivity index (χ1) is 6.61. The van der Waals surface area contributed by atoms with Crippen molar-refractivity contribution in [2.24, 2.45) is 11.8 Å². The van der Waals surface area contributed by atoms with Crippen molar-refractivity contribution in [3.63, 3.8) is 0 Å². The summed E-state index contributed by atoms with van der Waals surface area (Å²) in [5.41, 5.74) is 0. The molecule has 14 heavy (non-hydrogen) atoms. The monoisotopic (exact) mass is 261 g/mol. The summed E-state index contributed by atoms with van der Waals surface area (Å²) in [5.74, 6) is 1.16. The van der Waals surface area contributed by atoms with Gasteiger partial charge in [-0.15, -0.1) is 0 Å². The van der Waals surface area contributed by atoms with Crippen molar-refractivity contribution in [3.8, 4) is 0 Å². The molecule has 0 N–H and O–H groups in total. The van der Waals surface area contributed by atoms with Crippen molar-refractivity contribution in [3.05, 3.63) is 0 Å². The van der Waals surface area contributed by atoms with E-state index >= 15 is 0 Å². The Morgan fingerprint density at radius 1 is 1.64 bits per heavy atom. The zero-order valence-corrected chi connectivity index (χ0v) is 10.9. The Morgan fingerprint density at radius 2 is 2.29 bits per heavy atom. The van der Waals surface area contributed by atoms with Crippen LogP contribution in [0, 0.1) is 11.8 Å². The topological polar surface area (TPSA) is 20.3 Å². The van der Waals surface area contributed by atoms with Crippen LogP contribution in [-0.2, 0) is 4.79 Å². The third-order valence-corrected chi connectivity index (χ3v) is 4.02. The zero-order chi connectivity index (χ0) is 10.7. The van der Waals surface area contributed by atoms with Gasteiger partial charge in [0.25, 0.3) is 0 Å². The first-order valence-corrected chi connectivity index (χ1v) is 6.60. The Labute approximate surface area is 95.2 Å². The van der Waals surface area contributed by atoms with Crippen LogP contribution in [-0.4, -0.2) is 28.7 Å². The second kappa shape index (κ2) is 5.15. The molecule has 1 aliphatic rings. The number of halogens is 1. The largest absolute Gasteiger partial charge is 0.338 e. The van der Waals surface area contributed by atoms with E-state index in [1.807, 2.05) is 6.92 Å². The predicted molar refractivity (Wildman–Crippen MR) is 62.5 cm³/mol. The van der Waals surface area contributed by atoms with E-state index in [9.17, 15) is 4.79 Å². The number of carbonyl (C=O) groups is 1. The summed E-state index contributed by atoms with van der Waals surface area (Å²) in [5, 5.41) is 0.913. The molecule has 0 saturated carbocycles. The van der Waals surface area contributed by atoms with E-state index in [2.05, 4.69) is 34.7 Å². The first kappa shape index (κ1) is 12.0. The molecule has 82 valence electrons. The number of hydrogen-bond donors (Lipinski definition) is 0. The van der Waals surface area contributed by atoms with Crippen LogP contribution in [0.25, 0.3) is 0 Å². The maximum Gasteiger partial charge on any atom is 0.225 e. The van der Waals surface area contributed by atoms with Crippen LogP contribution in [0.3, 0.4) is 0 Å². The number of alkyl halides is 1. The first-order valence-electron chi connectivity index (χ1n) is 5.48. The molecule has 0 radical (unpaired) electrons.